The summed E-state index contributed by atoms with van der Waals surface area (Å²) in [5.74, 6) is 0.362. The zero-order valence-corrected chi connectivity index (χ0v) is 8.97. The molecule has 83 valence electrons. The van der Waals surface area contributed by atoms with Crippen molar-refractivity contribution in [2.45, 2.75) is 0 Å². The molecular formula is C13H10N3O. The van der Waals surface area contributed by atoms with Gasteiger partial charge in [0.15, 0.2) is 5.58 Å². The third-order valence-corrected chi connectivity index (χ3v) is 2.51. The van der Waals surface area contributed by atoms with Crippen LogP contribution in [0.2, 0.25) is 0 Å². The topological polar surface area (TPSA) is 64.1 Å². The molecule has 4 nitrogen and oxygen atoms in total. The summed E-state index contributed by atoms with van der Waals surface area (Å²) in [4.78, 5) is 3.99. The molecule has 0 aliphatic heterocycles. The molecule has 0 saturated heterocycles. The lowest BCUT2D eigenvalue weighted by atomic mass is 10.2. The van der Waals surface area contributed by atoms with E-state index in [2.05, 4.69) is 16.4 Å². The van der Waals surface area contributed by atoms with E-state index < -0.39 is 0 Å². The molecule has 0 aliphatic rings. The van der Waals surface area contributed by atoms with Crippen LogP contribution in [0.15, 0.2) is 47.1 Å². The number of nitrogens with zero attached hydrogens (tertiary/aromatic N) is 1. The van der Waals surface area contributed by atoms with E-state index in [9.17, 15) is 0 Å². The Morgan fingerprint density at radius 1 is 1.24 bits per heavy atom. The van der Waals surface area contributed by atoms with Crippen molar-refractivity contribution in [2.24, 2.45) is 0 Å². The Bertz CT molecular complexity index is 646. The summed E-state index contributed by atoms with van der Waals surface area (Å²) in [5.41, 5.74) is 8.22. The normalized spacial score (nSPS) is 10.6. The number of aromatic nitrogens is 1. The number of nitrogens with two attached hydrogens (primary N) is 1. The first kappa shape index (κ1) is 9.72. The SMILES string of the molecule is Nc1oc2cnccc2c1Nc1cc[c]cc1. The summed E-state index contributed by atoms with van der Waals surface area (Å²) in [6.45, 7) is 0. The molecule has 0 fully saturated rings. The highest BCUT2D eigenvalue weighted by molar-refractivity contribution is 5.97. The number of furan rings is 1. The van der Waals surface area contributed by atoms with E-state index in [-0.39, 0.29) is 0 Å². The van der Waals surface area contributed by atoms with Crippen LogP contribution in [-0.2, 0) is 0 Å². The van der Waals surface area contributed by atoms with Gasteiger partial charge < -0.3 is 15.5 Å². The van der Waals surface area contributed by atoms with Gasteiger partial charge in [-0.2, -0.15) is 0 Å². The van der Waals surface area contributed by atoms with Crippen LogP contribution in [0, 0.1) is 6.07 Å². The van der Waals surface area contributed by atoms with Gasteiger partial charge in [-0.1, -0.05) is 12.1 Å². The molecule has 0 atom stereocenters. The van der Waals surface area contributed by atoms with Gasteiger partial charge in [-0.05, 0) is 24.3 Å². The summed E-state index contributed by atoms with van der Waals surface area (Å²) in [7, 11) is 0. The van der Waals surface area contributed by atoms with Gasteiger partial charge in [0, 0.05) is 17.3 Å². The van der Waals surface area contributed by atoms with Crippen LogP contribution in [0.25, 0.3) is 11.0 Å². The molecule has 2 aromatic heterocycles. The van der Waals surface area contributed by atoms with Gasteiger partial charge in [0.2, 0.25) is 5.88 Å². The number of hydrogen-bond donors (Lipinski definition) is 2. The molecule has 0 amide bonds. The molecule has 3 N–H and O–H groups in total. The Kier molecular flexibility index (Phi) is 2.19. The minimum absolute atomic E-state index is 0.362. The Balaban J connectivity index is 2.08. The number of hydrogen-bond acceptors (Lipinski definition) is 4. The molecule has 0 aliphatic carbocycles. The maximum absolute atomic E-state index is 5.84. The van der Waals surface area contributed by atoms with Crippen molar-refractivity contribution in [2.75, 3.05) is 11.1 Å². The van der Waals surface area contributed by atoms with Crippen molar-refractivity contribution in [3.05, 3.63) is 48.8 Å². The maximum atomic E-state index is 5.84. The van der Waals surface area contributed by atoms with Gasteiger partial charge in [-0.15, -0.1) is 0 Å². The van der Waals surface area contributed by atoms with E-state index in [1.807, 2.05) is 30.3 Å². The zero-order valence-electron chi connectivity index (χ0n) is 8.97. The number of rotatable bonds is 2. The van der Waals surface area contributed by atoms with Gasteiger partial charge >= 0.3 is 0 Å². The van der Waals surface area contributed by atoms with E-state index >= 15 is 0 Å². The molecule has 3 rings (SSSR count). The Hall–Kier alpha value is -2.49. The first-order valence-corrected chi connectivity index (χ1v) is 5.20. The van der Waals surface area contributed by atoms with Crippen LogP contribution in [0.3, 0.4) is 0 Å². The molecule has 0 bridgehead atoms. The van der Waals surface area contributed by atoms with Crippen LogP contribution in [0.4, 0.5) is 17.3 Å². The molecule has 0 saturated carbocycles. The van der Waals surface area contributed by atoms with Crippen molar-refractivity contribution in [3.8, 4) is 0 Å². The predicted molar refractivity (Wildman–Crippen MR) is 67.0 cm³/mol. The first-order valence-electron chi connectivity index (χ1n) is 5.20. The van der Waals surface area contributed by atoms with Crippen LogP contribution < -0.4 is 11.1 Å². The molecule has 2 heterocycles. The third-order valence-electron chi connectivity index (χ3n) is 2.51. The number of benzene rings is 1. The van der Waals surface area contributed by atoms with E-state index in [1.165, 1.54) is 0 Å². The van der Waals surface area contributed by atoms with Gasteiger partial charge in [0.1, 0.15) is 5.69 Å². The predicted octanol–water partition coefficient (Wildman–Crippen LogP) is 2.95. The Labute approximate surface area is 98.1 Å². The second-order valence-corrected chi connectivity index (χ2v) is 3.63. The number of nitrogens with one attached hydrogen (secondary N) is 1. The average Bonchev–Trinajstić information content (AvgIpc) is 2.68. The summed E-state index contributed by atoms with van der Waals surface area (Å²) < 4.78 is 5.42. The molecule has 0 spiro atoms. The molecule has 4 heteroatoms. The lowest BCUT2D eigenvalue weighted by Crippen LogP contribution is -1.92. The van der Waals surface area contributed by atoms with Gasteiger partial charge in [-0.3, -0.25) is 4.98 Å². The lowest BCUT2D eigenvalue weighted by Gasteiger charge is -2.04. The molecule has 1 radical (unpaired) electrons. The summed E-state index contributed by atoms with van der Waals surface area (Å²) in [6, 6.07) is 12.3. The molecule has 1 aromatic carbocycles. The van der Waals surface area contributed by atoms with Crippen molar-refractivity contribution in [1.29, 1.82) is 0 Å². The van der Waals surface area contributed by atoms with Crippen molar-refractivity contribution in [1.82, 2.24) is 4.98 Å². The lowest BCUT2D eigenvalue weighted by molar-refractivity contribution is 0.636. The molecular weight excluding hydrogens is 214 g/mol. The minimum atomic E-state index is 0.362. The summed E-state index contributed by atoms with van der Waals surface area (Å²) in [6.07, 6.45) is 3.36. The highest BCUT2D eigenvalue weighted by Crippen LogP contribution is 2.34. The molecule has 3 aromatic rings. The van der Waals surface area contributed by atoms with E-state index in [4.69, 9.17) is 10.2 Å². The fourth-order valence-electron chi connectivity index (χ4n) is 1.71. The van der Waals surface area contributed by atoms with Crippen LogP contribution in [0.5, 0.6) is 0 Å². The number of fused-ring (bicyclic) bond motifs is 1. The monoisotopic (exact) mass is 224 g/mol. The molecule has 17 heavy (non-hydrogen) atoms. The fraction of sp³-hybridized carbons (Fsp3) is 0. The van der Waals surface area contributed by atoms with Gasteiger partial charge in [0.05, 0.1) is 6.20 Å². The van der Waals surface area contributed by atoms with Crippen molar-refractivity contribution in [3.63, 3.8) is 0 Å². The second kappa shape index (κ2) is 3.83. The van der Waals surface area contributed by atoms with E-state index in [1.54, 1.807) is 12.4 Å². The quantitative estimate of drug-likeness (QED) is 0.702. The number of nitrogen functional groups attached to an aromatic ring is 1. The maximum Gasteiger partial charge on any atom is 0.215 e. The standard InChI is InChI=1S/C13H10N3O/c14-13-12(16-9-4-2-1-3-5-9)10-6-7-15-8-11(10)17-13/h2-8,16H,14H2. The Morgan fingerprint density at radius 2 is 2.06 bits per heavy atom. The van der Waals surface area contributed by atoms with Crippen molar-refractivity contribution < 1.29 is 4.42 Å². The van der Waals surface area contributed by atoms with E-state index in [0.29, 0.717) is 11.5 Å². The number of anilines is 3. The van der Waals surface area contributed by atoms with Gasteiger partial charge in [0.25, 0.3) is 0 Å². The summed E-state index contributed by atoms with van der Waals surface area (Å²) >= 11 is 0. The fourth-order valence-corrected chi connectivity index (χ4v) is 1.71. The highest BCUT2D eigenvalue weighted by Gasteiger charge is 2.11. The highest BCUT2D eigenvalue weighted by atomic mass is 16.3. The smallest absolute Gasteiger partial charge is 0.215 e. The van der Waals surface area contributed by atoms with Crippen LogP contribution >= 0.6 is 0 Å². The second-order valence-electron chi connectivity index (χ2n) is 3.63. The molecule has 0 unspecified atom stereocenters. The minimum Gasteiger partial charge on any atom is -0.437 e. The van der Waals surface area contributed by atoms with Crippen LogP contribution in [-0.4, -0.2) is 4.98 Å². The zero-order chi connectivity index (χ0) is 11.7. The number of pyridine rings is 1. The van der Waals surface area contributed by atoms with E-state index in [0.717, 1.165) is 16.8 Å². The van der Waals surface area contributed by atoms with Gasteiger partial charge in [-0.25, -0.2) is 0 Å². The van der Waals surface area contributed by atoms with Crippen molar-refractivity contribution >= 4 is 28.2 Å². The Morgan fingerprint density at radius 3 is 2.88 bits per heavy atom. The first-order chi connectivity index (χ1) is 8.34. The largest absolute Gasteiger partial charge is 0.437 e. The average molecular weight is 224 g/mol. The van der Waals surface area contributed by atoms with Crippen LogP contribution in [0.1, 0.15) is 0 Å². The third kappa shape index (κ3) is 1.69. The summed E-state index contributed by atoms with van der Waals surface area (Å²) in [5, 5.41) is 4.15.